The fourth-order valence-electron chi connectivity index (χ4n) is 1.78. The number of carbonyl (C=O) groups is 1. The second-order valence-corrected chi connectivity index (χ2v) is 6.83. The molecule has 0 rings (SSSR count). The van der Waals surface area contributed by atoms with E-state index in [-0.39, 0.29) is 0 Å². The summed E-state index contributed by atoms with van der Waals surface area (Å²) in [6, 6.07) is 0. The molecule has 0 atom stereocenters. The van der Waals surface area contributed by atoms with E-state index in [2.05, 4.69) is 32.6 Å². The quantitative estimate of drug-likeness (QED) is 0.687. The van der Waals surface area contributed by atoms with Gasteiger partial charge in [-0.25, -0.2) is 0 Å². The molecule has 0 saturated heterocycles. The number of hydrogen-bond donors (Lipinski definition) is 1. The Hall–Kier alpha value is -0.570. The van der Waals surface area contributed by atoms with Gasteiger partial charge in [0.05, 0.1) is 5.41 Å². The molecular formula is C15H31NO2. The van der Waals surface area contributed by atoms with Gasteiger partial charge >= 0.3 is 5.97 Å². The third kappa shape index (κ3) is 7.70. The molecule has 3 heteroatoms. The standard InChI is InChI=1S/C15H31NO2/c1-12(2)7-9-16(10-8-13(3)4)11-15(5,6)14(17)18/h12-13H,7-11H2,1-6H3,(H,17,18). The number of carboxylic acids is 1. The molecule has 1 N–H and O–H groups in total. The zero-order chi connectivity index (χ0) is 14.3. The molecule has 0 aromatic carbocycles. The van der Waals surface area contributed by atoms with Crippen LogP contribution in [0.1, 0.15) is 54.4 Å². The fourth-order valence-corrected chi connectivity index (χ4v) is 1.78. The summed E-state index contributed by atoms with van der Waals surface area (Å²) in [6.45, 7) is 15.1. The molecule has 0 heterocycles. The zero-order valence-corrected chi connectivity index (χ0v) is 13.0. The Morgan fingerprint density at radius 3 is 1.72 bits per heavy atom. The smallest absolute Gasteiger partial charge is 0.310 e. The molecular weight excluding hydrogens is 226 g/mol. The lowest BCUT2D eigenvalue weighted by Crippen LogP contribution is -2.40. The highest BCUT2D eigenvalue weighted by Gasteiger charge is 2.29. The van der Waals surface area contributed by atoms with Gasteiger partial charge in [-0.3, -0.25) is 4.79 Å². The molecule has 0 radical (unpaired) electrons. The molecule has 0 aromatic heterocycles. The Morgan fingerprint density at radius 2 is 1.44 bits per heavy atom. The molecule has 0 aromatic rings. The average Bonchev–Trinajstić information content (AvgIpc) is 2.21. The summed E-state index contributed by atoms with van der Waals surface area (Å²) in [5, 5.41) is 9.22. The lowest BCUT2D eigenvalue weighted by Gasteiger charge is -2.30. The van der Waals surface area contributed by atoms with Crippen molar-refractivity contribution in [2.24, 2.45) is 17.3 Å². The highest BCUT2D eigenvalue weighted by Crippen LogP contribution is 2.19. The summed E-state index contributed by atoms with van der Waals surface area (Å²) in [4.78, 5) is 13.5. The molecule has 0 bridgehead atoms. The summed E-state index contributed by atoms with van der Waals surface area (Å²) >= 11 is 0. The van der Waals surface area contributed by atoms with Crippen molar-refractivity contribution in [3.8, 4) is 0 Å². The van der Waals surface area contributed by atoms with Crippen LogP contribution in [-0.2, 0) is 4.79 Å². The minimum atomic E-state index is -0.707. The van der Waals surface area contributed by atoms with Gasteiger partial charge in [-0.2, -0.15) is 0 Å². The van der Waals surface area contributed by atoms with Crippen molar-refractivity contribution < 1.29 is 9.90 Å². The van der Waals surface area contributed by atoms with Crippen molar-refractivity contribution in [1.29, 1.82) is 0 Å². The van der Waals surface area contributed by atoms with Crippen molar-refractivity contribution >= 4 is 5.97 Å². The van der Waals surface area contributed by atoms with Gasteiger partial charge in [0.1, 0.15) is 0 Å². The van der Waals surface area contributed by atoms with Crippen LogP contribution in [0.15, 0.2) is 0 Å². The van der Waals surface area contributed by atoms with E-state index >= 15 is 0 Å². The van der Waals surface area contributed by atoms with Crippen LogP contribution in [0.2, 0.25) is 0 Å². The van der Waals surface area contributed by atoms with Crippen LogP contribution in [0.3, 0.4) is 0 Å². The highest BCUT2D eigenvalue weighted by molar-refractivity contribution is 5.73. The van der Waals surface area contributed by atoms with Gasteiger partial charge < -0.3 is 10.0 Å². The van der Waals surface area contributed by atoms with Crippen LogP contribution >= 0.6 is 0 Å². The van der Waals surface area contributed by atoms with E-state index in [4.69, 9.17) is 0 Å². The molecule has 0 aliphatic rings. The SMILES string of the molecule is CC(C)CCN(CCC(C)C)CC(C)(C)C(=O)O. The van der Waals surface area contributed by atoms with E-state index in [1.165, 1.54) is 0 Å². The van der Waals surface area contributed by atoms with Crippen LogP contribution < -0.4 is 0 Å². The molecule has 0 unspecified atom stereocenters. The van der Waals surface area contributed by atoms with Gasteiger partial charge in [0, 0.05) is 6.54 Å². The highest BCUT2D eigenvalue weighted by atomic mass is 16.4. The van der Waals surface area contributed by atoms with Crippen molar-refractivity contribution in [2.75, 3.05) is 19.6 Å². The van der Waals surface area contributed by atoms with Crippen LogP contribution in [0.25, 0.3) is 0 Å². The maximum Gasteiger partial charge on any atom is 0.310 e. The molecule has 0 aliphatic carbocycles. The molecule has 3 nitrogen and oxygen atoms in total. The van der Waals surface area contributed by atoms with Crippen LogP contribution in [-0.4, -0.2) is 35.6 Å². The molecule has 0 spiro atoms. The molecule has 108 valence electrons. The summed E-state index contributed by atoms with van der Waals surface area (Å²) in [5.74, 6) is 0.626. The molecule has 0 aliphatic heterocycles. The second kappa shape index (κ2) is 7.78. The first-order chi connectivity index (χ1) is 8.15. The van der Waals surface area contributed by atoms with Crippen LogP contribution in [0.5, 0.6) is 0 Å². The fraction of sp³-hybridized carbons (Fsp3) is 0.933. The predicted molar refractivity (Wildman–Crippen MR) is 76.8 cm³/mol. The Balaban J connectivity index is 4.40. The molecule has 0 fully saturated rings. The summed E-state index contributed by atoms with van der Waals surface area (Å²) in [7, 11) is 0. The van der Waals surface area contributed by atoms with Gasteiger partial charge in [0.25, 0.3) is 0 Å². The molecule has 0 amide bonds. The summed E-state index contributed by atoms with van der Waals surface area (Å²) in [6.07, 6.45) is 2.27. The topological polar surface area (TPSA) is 40.5 Å². The van der Waals surface area contributed by atoms with Crippen molar-refractivity contribution in [1.82, 2.24) is 4.90 Å². The minimum absolute atomic E-state index is 0.641. The van der Waals surface area contributed by atoms with Gasteiger partial charge in [-0.1, -0.05) is 27.7 Å². The van der Waals surface area contributed by atoms with E-state index in [1.54, 1.807) is 0 Å². The summed E-state index contributed by atoms with van der Waals surface area (Å²) in [5.41, 5.74) is -0.659. The number of rotatable bonds is 9. The first-order valence-corrected chi connectivity index (χ1v) is 7.11. The first kappa shape index (κ1) is 17.4. The maximum atomic E-state index is 11.2. The Morgan fingerprint density at radius 1 is 1.06 bits per heavy atom. The van der Waals surface area contributed by atoms with E-state index < -0.39 is 11.4 Å². The van der Waals surface area contributed by atoms with Crippen molar-refractivity contribution in [3.05, 3.63) is 0 Å². The summed E-state index contributed by atoms with van der Waals surface area (Å²) < 4.78 is 0. The Kier molecular flexibility index (Phi) is 7.53. The largest absolute Gasteiger partial charge is 0.481 e. The lowest BCUT2D eigenvalue weighted by atomic mass is 9.92. The predicted octanol–water partition coefficient (Wildman–Crippen LogP) is 3.49. The van der Waals surface area contributed by atoms with E-state index in [9.17, 15) is 9.90 Å². The van der Waals surface area contributed by atoms with E-state index in [1.807, 2.05) is 13.8 Å². The lowest BCUT2D eigenvalue weighted by molar-refractivity contribution is -0.148. The zero-order valence-electron chi connectivity index (χ0n) is 13.0. The number of carboxylic acid groups (broad SMARTS) is 1. The first-order valence-electron chi connectivity index (χ1n) is 7.11. The van der Waals surface area contributed by atoms with E-state index in [0.717, 1.165) is 25.9 Å². The van der Waals surface area contributed by atoms with Gasteiger partial charge in [0.15, 0.2) is 0 Å². The van der Waals surface area contributed by atoms with Crippen molar-refractivity contribution in [3.63, 3.8) is 0 Å². The monoisotopic (exact) mass is 257 g/mol. The minimum Gasteiger partial charge on any atom is -0.481 e. The average molecular weight is 257 g/mol. The van der Waals surface area contributed by atoms with Gasteiger partial charge in [-0.15, -0.1) is 0 Å². The Labute approximate surface area is 113 Å². The van der Waals surface area contributed by atoms with Crippen LogP contribution in [0, 0.1) is 17.3 Å². The third-order valence-corrected chi connectivity index (χ3v) is 3.24. The molecule has 18 heavy (non-hydrogen) atoms. The Bertz CT molecular complexity index is 235. The second-order valence-electron chi connectivity index (χ2n) is 6.83. The van der Waals surface area contributed by atoms with E-state index in [0.29, 0.717) is 18.4 Å². The van der Waals surface area contributed by atoms with Crippen molar-refractivity contribution in [2.45, 2.75) is 54.4 Å². The van der Waals surface area contributed by atoms with Gasteiger partial charge in [-0.05, 0) is 51.6 Å². The third-order valence-electron chi connectivity index (χ3n) is 3.24. The number of nitrogens with zero attached hydrogens (tertiary/aromatic N) is 1. The number of aliphatic carboxylic acids is 1. The van der Waals surface area contributed by atoms with Crippen LogP contribution in [0.4, 0.5) is 0 Å². The van der Waals surface area contributed by atoms with Gasteiger partial charge in [0.2, 0.25) is 0 Å². The number of hydrogen-bond acceptors (Lipinski definition) is 2. The maximum absolute atomic E-state index is 11.2. The molecule has 0 saturated carbocycles. The normalized spacial score (nSPS) is 12.7.